The number of carbonyl (C=O) groups is 2. The Morgan fingerprint density at radius 2 is 1.56 bits per heavy atom. The van der Waals surface area contributed by atoms with Gasteiger partial charge in [-0.1, -0.05) is 37.3 Å². The predicted octanol–water partition coefficient (Wildman–Crippen LogP) is 5.40. The van der Waals surface area contributed by atoms with Crippen LogP contribution in [0.2, 0.25) is 0 Å². The van der Waals surface area contributed by atoms with E-state index in [1.165, 1.54) is 5.56 Å². The van der Waals surface area contributed by atoms with Crippen molar-refractivity contribution in [1.29, 1.82) is 0 Å². The summed E-state index contributed by atoms with van der Waals surface area (Å²) in [4.78, 5) is 30.4. The van der Waals surface area contributed by atoms with Gasteiger partial charge in [-0.3, -0.25) is 14.5 Å². The normalized spacial score (nSPS) is 26.4. The van der Waals surface area contributed by atoms with Crippen LogP contribution in [0.5, 0.6) is 0 Å². The molecule has 0 unspecified atom stereocenters. The van der Waals surface area contributed by atoms with E-state index >= 15 is 0 Å². The number of hydrogen-bond donors (Lipinski definition) is 0. The molecule has 202 valence electrons. The van der Waals surface area contributed by atoms with Crippen molar-refractivity contribution in [2.45, 2.75) is 90.7 Å². The molecule has 0 radical (unpaired) electrons. The maximum atomic E-state index is 13.3. The first-order chi connectivity index (χ1) is 16.8. The Balaban J connectivity index is 1.70. The molecule has 0 bridgehead atoms. The molecule has 1 saturated heterocycles. The van der Waals surface area contributed by atoms with Crippen LogP contribution in [0.4, 0.5) is 0 Å². The van der Waals surface area contributed by atoms with Gasteiger partial charge in [-0.15, -0.1) is 0 Å². The molecule has 6 nitrogen and oxygen atoms in total. The Labute approximate surface area is 218 Å². The fraction of sp³-hybridized carbons (Fsp3) is 0.733. The van der Waals surface area contributed by atoms with Gasteiger partial charge in [0, 0.05) is 38.8 Å². The number of rotatable bonds is 8. The van der Waals surface area contributed by atoms with Gasteiger partial charge in [-0.25, -0.2) is 0 Å². The molecule has 1 saturated carbocycles. The lowest BCUT2D eigenvalue weighted by Crippen LogP contribution is -2.50. The highest BCUT2D eigenvalue weighted by Gasteiger charge is 2.45. The third-order valence-corrected chi connectivity index (χ3v) is 8.61. The quantitative estimate of drug-likeness (QED) is 0.447. The van der Waals surface area contributed by atoms with Crippen LogP contribution < -0.4 is 0 Å². The van der Waals surface area contributed by atoms with Gasteiger partial charge in [0.1, 0.15) is 5.60 Å². The molecule has 1 aliphatic carbocycles. The molecule has 0 aromatic heterocycles. The fourth-order valence-corrected chi connectivity index (χ4v) is 6.03. The molecule has 1 heterocycles. The Morgan fingerprint density at radius 3 is 2.06 bits per heavy atom. The van der Waals surface area contributed by atoms with Crippen LogP contribution in [0.25, 0.3) is 0 Å². The molecule has 0 N–H and O–H groups in total. The second-order valence-corrected chi connectivity index (χ2v) is 12.7. The SMILES string of the molecule is CC(=O)N(CCC1(C(=O)OC(C)(C)C)CCOCC1)CC1(C)CCC(c2ccccc2)(N(C)C)CC1. The highest BCUT2D eigenvalue weighted by atomic mass is 16.6. The van der Waals surface area contributed by atoms with Gasteiger partial charge in [0.05, 0.1) is 5.41 Å². The molecule has 36 heavy (non-hydrogen) atoms. The van der Waals surface area contributed by atoms with Crippen molar-refractivity contribution in [2.24, 2.45) is 10.8 Å². The van der Waals surface area contributed by atoms with Gasteiger partial charge < -0.3 is 14.4 Å². The van der Waals surface area contributed by atoms with Crippen LogP contribution in [-0.2, 0) is 24.6 Å². The number of benzene rings is 1. The van der Waals surface area contributed by atoms with Crippen LogP contribution in [0.15, 0.2) is 30.3 Å². The molecule has 2 aliphatic rings. The monoisotopic (exact) mass is 500 g/mol. The van der Waals surface area contributed by atoms with E-state index in [0.717, 1.165) is 32.2 Å². The molecular weight excluding hydrogens is 452 g/mol. The molecule has 2 fully saturated rings. The molecule has 1 aliphatic heterocycles. The van der Waals surface area contributed by atoms with Crippen LogP contribution in [-0.4, -0.2) is 67.7 Å². The molecule has 1 aromatic rings. The minimum Gasteiger partial charge on any atom is -0.460 e. The summed E-state index contributed by atoms with van der Waals surface area (Å²) < 4.78 is 11.4. The van der Waals surface area contributed by atoms with Crippen LogP contribution >= 0.6 is 0 Å². The topological polar surface area (TPSA) is 59.1 Å². The van der Waals surface area contributed by atoms with Crippen molar-refractivity contribution in [3.05, 3.63) is 35.9 Å². The number of carbonyl (C=O) groups excluding carboxylic acids is 2. The molecule has 0 spiro atoms. The lowest BCUT2D eigenvalue weighted by molar-refractivity contribution is -0.175. The second-order valence-electron chi connectivity index (χ2n) is 12.7. The number of nitrogens with zero attached hydrogens (tertiary/aromatic N) is 2. The minimum absolute atomic E-state index is 0.0324. The van der Waals surface area contributed by atoms with Crippen molar-refractivity contribution in [3.63, 3.8) is 0 Å². The van der Waals surface area contributed by atoms with Gasteiger partial charge in [-0.05, 0) is 90.8 Å². The van der Waals surface area contributed by atoms with Crippen LogP contribution in [0.3, 0.4) is 0 Å². The summed E-state index contributed by atoms with van der Waals surface area (Å²) in [6.45, 7) is 12.1. The predicted molar refractivity (Wildman–Crippen MR) is 144 cm³/mol. The Morgan fingerprint density at radius 1 is 0.972 bits per heavy atom. The first kappa shape index (κ1) is 28.6. The van der Waals surface area contributed by atoms with Crippen molar-refractivity contribution in [2.75, 3.05) is 40.4 Å². The highest BCUT2D eigenvalue weighted by Crippen LogP contribution is 2.48. The Hall–Kier alpha value is -1.92. The van der Waals surface area contributed by atoms with E-state index in [1.54, 1.807) is 6.92 Å². The third kappa shape index (κ3) is 6.69. The smallest absolute Gasteiger partial charge is 0.312 e. The maximum absolute atomic E-state index is 13.3. The first-order valence-electron chi connectivity index (χ1n) is 13.6. The van der Waals surface area contributed by atoms with E-state index in [4.69, 9.17) is 9.47 Å². The van der Waals surface area contributed by atoms with Crippen LogP contribution in [0.1, 0.15) is 85.1 Å². The minimum atomic E-state index is -0.583. The van der Waals surface area contributed by atoms with Gasteiger partial charge in [-0.2, -0.15) is 0 Å². The largest absolute Gasteiger partial charge is 0.460 e. The summed E-state index contributed by atoms with van der Waals surface area (Å²) in [5.41, 5.74) is 0.342. The number of hydrogen-bond acceptors (Lipinski definition) is 5. The summed E-state index contributed by atoms with van der Waals surface area (Å²) >= 11 is 0. The zero-order valence-electron chi connectivity index (χ0n) is 23.7. The van der Waals surface area contributed by atoms with E-state index in [1.807, 2.05) is 25.7 Å². The van der Waals surface area contributed by atoms with Crippen molar-refractivity contribution in [3.8, 4) is 0 Å². The van der Waals surface area contributed by atoms with E-state index in [-0.39, 0.29) is 22.8 Å². The van der Waals surface area contributed by atoms with Crippen molar-refractivity contribution < 1.29 is 19.1 Å². The number of esters is 1. The van der Waals surface area contributed by atoms with Gasteiger partial charge >= 0.3 is 5.97 Å². The van der Waals surface area contributed by atoms with Crippen LogP contribution in [0, 0.1) is 10.8 Å². The number of ether oxygens (including phenoxy) is 2. The average molecular weight is 501 g/mol. The molecule has 1 aromatic carbocycles. The molecule has 1 amide bonds. The summed E-state index contributed by atoms with van der Waals surface area (Å²) in [5, 5.41) is 0. The van der Waals surface area contributed by atoms with Crippen molar-refractivity contribution >= 4 is 11.9 Å². The second kappa shape index (κ2) is 11.2. The Bertz CT molecular complexity index is 876. The van der Waals surface area contributed by atoms with Gasteiger partial charge in [0.25, 0.3) is 0 Å². The third-order valence-electron chi connectivity index (χ3n) is 8.61. The zero-order valence-corrected chi connectivity index (χ0v) is 23.7. The van der Waals surface area contributed by atoms with E-state index in [2.05, 4.69) is 56.3 Å². The molecule has 6 heteroatoms. The van der Waals surface area contributed by atoms with Crippen molar-refractivity contribution in [1.82, 2.24) is 9.80 Å². The van der Waals surface area contributed by atoms with Gasteiger partial charge in [0.15, 0.2) is 0 Å². The fourth-order valence-electron chi connectivity index (χ4n) is 6.03. The van der Waals surface area contributed by atoms with E-state index in [9.17, 15) is 9.59 Å². The summed E-state index contributed by atoms with van der Waals surface area (Å²) in [6.07, 6.45) is 6.13. The molecule has 3 rings (SSSR count). The summed E-state index contributed by atoms with van der Waals surface area (Å²) in [6, 6.07) is 10.8. The first-order valence-corrected chi connectivity index (χ1v) is 13.6. The van der Waals surface area contributed by atoms with Gasteiger partial charge in [0.2, 0.25) is 5.91 Å². The summed E-state index contributed by atoms with van der Waals surface area (Å²) in [5.74, 6) is -0.0700. The number of amides is 1. The standard InChI is InChI=1S/C30H48N2O4/c1-24(33)32(20-17-29(18-21-35-22-19-29)26(34)36-27(2,3)4)23-28(5)13-15-30(16-14-28,31(6)7)25-11-9-8-10-12-25/h8-12H,13-23H2,1-7H3. The van der Waals surface area contributed by atoms with E-state index < -0.39 is 11.0 Å². The zero-order chi connectivity index (χ0) is 26.6. The molecule has 0 atom stereocenters. The lowest BCUT2D eigenvalue weighted by atomic mass is 9.65. The average Bonchev–Trinajstić information content (AvgIpc) is 2.82. The molecular formula is C30H48N2O4. The maximum Gasteiger partial charge on any atom is 0.312 e. The summed E-state index contributed by atoms with van der Waals surface area (Å²) in [7, 11) is 4.36. The lowest BCUT2D eigenvalue weighted by Gasteiger charge is -2.50. The Kier molecular flexibility index (Phi) is 8.93. The van der Waals surface area contributed by atoms with E-state index in [0.29, 0.717) is 39.0 Å². The highest BCUT2D eigenvalue weighted by molar-refractivity contribution is 5.78.